The first-order chi connectivity index (χ1) is 14.5. The van der Waals surface area contributed by atoms with Gasteiger partial charge in [0.05, 0.1) is 6.54 Å². The molecular weight excluding hydrogens is 384 g/mol. The molecule has 0 fully saturated rings. The van der Waals surface area contributed by atoms with Gasteiger partial charge in [-0.25, -0.2) is 9.48 Å². The SMILES string of the molecule is CN(C)CCn1nc2n(c1=O)CCC(NC(=O)c1cc(-c3ccccc3)on1)CC2. The van der Waals surface area contributed by atoms with E-state index in [0.717, 1.165) is 24.4 Å². The van der Waals surface area contributed by atoms with Crippen LogP contribution < -0.4 is 11.0 Å². The van der Waals surface area contributed by atoms with Crippen LogP contribution in [0.2, 0.25) is 0 Å². The Kier molecular flexibility index (Phi) is 5.80. The van der Waals surface area contributed by atoms with Crippen LogP contribution in [0.4, 0.5) is 0 Å². The van der Waals surface area contributed by atoms with Crippen molar-refractivity contribution in [3.8, 4) is 11.3 Å². The van der Waals surface area contributed by atoms with E-state index >= 15 is 0 Å². The maximum Gasteiger partial charge on any atom is 0.345 e. The molecule has 1 N–H and O–H groups in total. The lowest BCUT2D eigenvalue weighted by molar-refractivity contribution is 0.0923. The number of carbonyl (C=O) groups is 1. The lowest BCUT2D eigenvalue weighted by Gasteiger charge is -2.14. The standard InChI is InChI=1S/C21H26N6O3/c1-25(2)12-13-27-21(29)26-11-10-16(8-9-19(26)23-27)22-20(28)17-14-18(30-24-17)15-6-4-3-5-7-15/h3-7,14,16H,8-13H2,1-2H3,(H,22,28). The monoisotopic (exact) mass is 410 g/mol. The van der Waals surface area contributed by atoms with Gasteiger partial charge in [-0.3, -0.25) is 9.36 Å². The highest BCUT2D eigenvalue weighted by atomic mass is 16.5. The summed E-state index contributed by atoms with van der Waals surface area (Å²) in [5.41, 5.74) is 1.04. The highest BCUT2D eigenvalue weighted by Gasteiger charge is 2.23. The molecule has 9 heteroatoms. The summed E-state index contributed by atoms with van der Waals surface area (Å²) in [5, 5.41) is 11.4. The van der Waals surface area contributed by atoms with Crippen molar-refractivity contribution in [3.05, 3.63) is 58.4 Å². The van der Waals surface area contributed by atoms with Crippen LogP contribution in [-0.2, 0) is 19.5 Å². The van der Waals surface area contributed by atoms with Crippen molar-refractivity contribution in [1.29, 1.82) is 0 Å². The first kappa shape index (κ1) is 20.1. The first-order valence-electron chi connectivity index (χ1n) is 10.2. The fraction of sp³-hybridized carbons (Fsp3) is 0.429. The zero-order valence-corrected chi connectivity index (χ0v) is 17.2. The van der Waals surface area contributed by atoms with E-state index in [9.17, 15) is 9.59 Å². The number of rotatable bonds is 6. The highest BCUT2D eigenvalue weighted by Crippen LogP contribution is 2.20. The second kappa shape index (κ2) is 8.66. The molecule has 1 amide bonds. The largest absolute Gasteiger partial charge is 0.355 e. The smallest absolute Gasteiger partial charge is 0.345 e. The Hall–Kier alpha value is -3.20. The molecule has 0 radical (unpaired) electrons. The van der Waals surface area contributed by atoms with E-state index in [-0.39, 0.29) is 23.3 Å². The van der Waals surface area contributed by atoms with E-state index in [2.05, 4.69) is 15.6 Å². The van der Waals surface area contributed by atoms with E-state index < -0.39 is 0 Å². The fourth-order valence-corrected chi connectivity index (χ4v) is 3.59. The average molecular weight is 410 g/mol. The molecule has 158 valence electrons. The van der Waals surface area contributed by atoms with E-state index in [4.69, 9.17) is 4.52 Å². The molecule has 1 aliphatic rings. The third kappa shape index (κ3) is 4.35. The normalized spacial score (nSPS) is 16.3. The van der Waals surface area contributed by atoms with Crippen LogP contribution in [0.5, 0.6) is 0 Å². The Morgan fingerprint density at radius 2 is 2.07 bits per heavy atom. The van der Waals surface area contributed by atoms with Crippen molar-refractivity contribution in [2.45, 2.75) is 38.4 Å². The van der Waals surface area contributed by atoms with Crippen LogP contribution in [-0.4, -0.2) is 57.0 Å². The molecule has 0 saturated heterocycles. The van der Waals surface area contributed by atoms with E-state index in [1.807, 2.05) is 49.3 Å². The maximum absolute atomic E-state index is 12.6. The third-order valence-electron chi connectivity index (χ3n) is 5.31. The summed E-state index contributed by atoms with van der Waals surface area (Å²) in [5.74, 6) is 1.07. The van der Waals surface area contributed by atoms with E-state index in [0.29, 0.717) is 31.7 Å². The first-order valence-corrected chi connectivity index (χ1v) is 10.2. The third-order valence-corrected chi connectivity index (χ3v) is 5.31. The number of nitrogens with zero attached hydrogens (tertiary/aromatic N) is 5. The molecule has 1 atom stereocenters. The van der Waals surface area contributed by atoms with E-state index in [1.54, 1.807) is 10.6 Å². The predicted octanol–water partition coefficient (Wildman–Crippen LogP) is 1.40. The summed E-state index contributed by atoms with van der Waals surface area (Å²) in [6.45, 7) is 1.87. The minimum Gasteiger partial charge on any atom is -0.355 e. The molecule has 2 aromatic heterocycles. The number of fused-ring (bicyclic) bond motifs is 1. The molecule has 1 aromatic carbocycles. The molecule has 1 unspecified atom stereocenters. The topological polar surface area (TPSA) is 98.2 Å². The molecule has 3 aromatic rings. The van der Waals surface area contributed by atoms with Crippen LogP contribution >= 0.6 is 0 Å². The van der Waals surface area contributed by atoms with Gasteiger partial charge >= 0.3 is 5.69 Å². The van der Waals surface area contributed by atoms with Crippen LogP contribution in [0, 0.1) is 0 Å². The summed E-state index contributed by atoms with van der Waals surface area (Å²) < 4.78 is 8.58. The second-order valence-electron chi connectivity index (χ2n) is 7.82. The van der Waals surface area contributed by atoms with Gasteiger partial charge in [-0.15, -0.1) is 0 Å². The second-order valence-corrected chi connectivity index (χ2v) is 7.82. The number of aromatic nitrogens is 4. The number of aryl methyl sites for hydroxylation is 1. The maximum atomic E-state index is 12.6. The minimum absolute atomic E-state index is 0.0503. The number of amides is 1. The summed E-state index contributed by atoms with van der Waals surface area (Å²) in [6.07, 6.45) is 2.03. The number of hydrogen-bond acceptors (Lipinski definition) is 6. The number of carbonyl (C=O) groups excluding carboxylic acids is 1. The van der Waals surface area contributed by atoms with Crippen molar-refractivity contribution in [2.24, 2.45) is 0 Å². The fourth-order valence-electron chi connectivity index (χ4n) is 3.59. The van der Waals surface area contributed by atoms with Crippen LogP contribution in [0.1, 0.15) is 29.2 Å². The van der Waals surface area contributed by atoms with Crippen LogP contribution in [0.15, 0.2) is 45.7 Å². The van der Waals surface area contributed by atoms with Gasteiger partial charge in [0.15, 0.2) is 11.5 Å². The molecule has 4 rings (SSSR count). The highest BCUT2D eigenvalue weighted by molar-refractivity contribution is 5.93. The summed E-state index contributed by atoms with van der Waals surface area (Å²) in [6, 6.07) is 11.1. The molecule has 0 aliphatic carbocycles. The molecular formula is C21H26N6O3. The summed E-state index contributed by atoms with van der Waals surface area (Å²) >= 11 is 0. The molecule has 3 heterocycles. The van der Waals surface area contributed by atoms with Crippen molar-refractivity contribution in [2.75, 3.05) is 20.6 Å². The quantitative estimate of drug-likeness (QED) is 0.660. The molecule has 0 bridgehead atoms. The lowest BCUT2D eigenvalue weighted by atomic mass is 10.1. The van der Waals surface area contributed by atoms with Crippen molar-refractivity contribution in [3.63, 3.8) is 0 Å². The van der Waals surface area contributed by atoms with Gasteiger partial charge in [-0.2, -0.15) is 5.10 Å². The Morgan fingerprint density at radius 1 is 1.27 bits per heavy atom. The van der Waals surface area contributed by atoms with Crippen LogP contribution in [0.3, 0.4) is 0 Å². The van der Waals surface area contributed by atoms with Crippen molar-refractivity contribution < 1.29 is 9.32 Å². The molecule has 30 heavy (non-hydrogen) atoms. The summed E-state index contributed by atoms with van der Waals surface area (Å²) in [4.78, 5) is 27.2. The van der Waals surface area contributed by atoms with Crippen molar-refractivity contribution >= 4 is 5.91 Å². The number of nitrogens with one attached hydrogen (secondary N) is 1. The summed E-state index contributed by atoms with van der Waals surface area (Å²) in [7, 11) is 3.94. The number of hydrogen-bond donors (Lipinski definition) is 1. The number of likely N-dealkylation sites (N-methyl/N-ethyl adjacent to an activating group) is 1. The van der Waals surface area contributed by atoms with Gasteiger partial charge in [-0.1, -0.05) is 35.5 Å². The van der Waals surface area contributed by atoms with Gasteiger partial charge in [0.25, 0.3) is 5.91 Å². The Morgan fingerprint density at radius 3 is 2.83 bits per heavy atom. The molecule has 0 spiro atoms. The van der Waals surface area contributed by atoms with Crippen molar-refractivity contribution in [1.82, 2.24) is 29.7 Å². The van der Waals surface area contributed by atoms with Gasteiger partial charge in [0.2, 0.25) is 0 Å². The van der Waals surface area contributed by atoms with Gasteiger partial charge < -0.3 is 14.7 Å². The van der Waals surface area contributed by atoms with E-state index in [1.165, 1.54) is 4.68 Å². The lowest BCUT2D eigenvalue weighted by Crippen LogP contribution is -2.36. The number of benzene rings is 1. The zero-order chi connectivity index (χ0) is 21.1. The Bertz CT molecular complexity index is 1070. The molecule has 9 nitrogen and oxygen atoms in total. The zero-order valence-electron chi connectivity index (χ0n) is 17.2. The van der Waals surface area contributed by atoms with Gasteiger partial charge in [0, 0.05) is 37.2 Å². The minimum atomic E-state index is -0.270. The Labute approximate surface area is 174 Å². The average Bonchev–Trinajstić information content (AvgIpc) is 3.29. The predicted molar refractivity (Wildman–Crippen MR) is 111 cm³/mol. The molecule has 1 aliphatic heterocycles. The molecule has 0 saturated carbocycles. The Balaban J connectivity index is 1.38. The van der Waals surface area contributed by atoms with Crippen LogP contribution in [0.25, 0.3) is 11.3 Å². The van der Waals surface area contributed by atoms with Gasteiger partial charge in [-0.05, 0) is 26.9 Å². The van der Waals surface area contributed by atoms with Gasteiger partial charge in [0.1, 0.15) is 5.82 Å².